The summed E-state index contributed by atoms with van der Waals surface area (Å²) in [5, 5.41) is 0. The molecule has 0 amide bonds. The van der Waals surface area contributed by atoms with Crippen molar-refractivity contribution in [2.45, 2.75) is 25.9 Å². The topological polar surface area (TPSA) is 64.8 Å². The Labute approximate surface area is 119 Å². The molecule has 1 aliphatic rings. The number of rotatable bonds is 5. The maximum atomic E-state index is 11.8. The molecule has 1 aromatic carbocycles. The van der Waals surface area contributed by atoms with Gasteiger partial charge in [0.15, 0.2) is 0 Å². The van der Waals surface area contributed by atoms with Crippen molar-refractivity contribution in [3.63, 3.8) is 0 Å². The Hall–Kier alpha value is -1.75. The number of nitrogen functional groups attached to an aromatic ring is 1. The number of carbonyl (C=O) groups excluding carboxylic acids is 1. The molecule has 2 N–H and O–H groups in total. The molecular formula is C15H22N2O3. The third-order valence-corrected chi connectivity index (χ3v) is 3.45. The molecule has 0 aromatic heterocycles. The Bertz CT molecular complexity index is 470. The van der Waals surface area contributed by atoms with E-state index < -0.39 is 0 Å². The van der Waals surface area contributed by atoms with E-state index in [1.54, 1.807) is 25.1 Å². The summed E-state index contributed by atoms with van der Waals surface area (Å²) in [6, 6.07) is 5.21. The second kappa shape index (κ2) is 6.61. The number of hydrogen-bond acceptors (Lipinski definition) is 5. The van der Waals surface area contributed by atoms with Crippen LogP contribution >= 0.6 is 0 Å². The highest BCUT2D eigenvalue weighted by atomic mass is 16.5. The molecule has 1 aliphatic heterocycles. The van der Waals surface area contributed by atoms with E-state index >= 15 is 0 Å². The van der Waals surface area contributed by atoms with E-state index in [1.165, 1.54) is 0 Å². The zero-order valence-corrected chi connectivity index (χ0v) is 12.1. The molecule has 0 saturated carbocycles. The normalized spacial score (nSPS) is 18.0. The fourth-order valence-corrected chi connectivity index (χ4v) is 2.41. The van der Waals surface area contributed by atoms with E-state index in [0.29, 0.717) is 17.9 Å². The number of ether oxygens (including phenoxy) is 2. The van der Waals surface area contributed by atoms with E-state index in [-0.39, 0.29) is 12.1 Å². The van der Waals surface area contributed by atoms with Gasteiger partial charge in [-0.25, -0.2) is 4.79 Å². The summed E-state index contributed by atoms with van der Waals surface area (Å²) in [5.41, 5.74) is 8.02. The Kier molecular flexibility index (Phi) is 4.84. The molecule has 1 atom stereocenters. The fraction of sp³-hybridized carbons (Fsp3) is 0.533. The highest BCUT2D eigenvalue weighted by Crippen LogP contribution is 2.25. The number of nitrogens with two attached hydrogens (primary N) is 1. The van der Waals surface area contributed by atoms with Gasteiger partial charge in [-0.15, -0.1) is 0 Å². The maximum absolute atomic E-state index is 11.8. The zero-order valence-electron chi connectivity index (χ0n) is 12.1. The lowest BCUT2D eigenvalue weighted by Crippen LogP contribution is -2.29. The molecule has 5 heteroatoms. The van der Waals surface area contributed by atoms with Crippen LogP contribution in [-0.2, 0) is 9.47 Å². The first kappa shape index (κ1) is 14.7. The van der Waals surface area contributed by atoms with E-state index in [9.17, 15) is 4.79 Å². The third kappa shape index (κ3) is 3.42. The van der Waals surface area contributed by atoms with Gasteiger partial charge in [-0.05, 0) is 38.0 Å². The summed E-state index contributed by atoms with van der Waals surface area (Å²) in [7, 11) is 1.96. The molecular weight excluding hydrogens is 256 g/mol. The molecule has 20 heavy (non-hydrogen) atoms. The molecule has 2 rings (SSSR count). The fourth-order valence-electron chi connectivity index (χ4n) is 2.41. The van der Waals surface area contributed by atoms with E-state index in [2.05, 4.69) is 0 Å². The van der Waals surface area contributed by atoms with Crippen molar-refractivity contribution in [2.24, 2.45) is 0 Å². The van der Waals surface area contributed by atoms with Crippen LogP contribution in [-0.4, -0.2) is 38.9 Å². The summed E-state index contributed by atoms with van der Waals surface area (Å²) >= 11 is 0. The molecule has 0 radical (unpaired) electrons. The number of anilines is 2. The Balaban J connectivity index is 2.12. The van der Waals surface area contributed by atoms with Crippen LogP contribution in [0, 0.1) is 0 Å². The van der Waals surface area contributed by atoms with Gasteiger partial charge < -0.3 is 20.1 Å². The summed E-state index contributed by atoms with van der Waals surface area (Å²) in [6.07, 6.45) is 2.42. The second-order valence-corrected chi connectivity index (χ2v) is 5.01. The van der Waals surface area contributed by atoms with Gasteiger partial charge in [-0.1, -0.05) is 0 Å². The molecule has 110 valence electrons. The first-order valence-electron chi connectivity index (χ1n) is 7.01. The predicted molar refractivity (Wildman–Crippen MR) is 79.1 cm³/mol. The van der Waals surface area contributed by atoms with E-state index in [1.807, 2.05) is 11.9 Å². The van der Waals surface area contributed by atoms with Gasteiger partial charge in [0.25, 0.3) is 0 Å². The van der Waals surface area contributed by atoms with Gasteiger partial charge in [-0.2, -0.15) is 0 Å². The maximum Gasteiger partial charge on any atom is 0.338 e. The van der Waals surface area contributed by atoms with E-state index in [0.717, 1.165) is 31.7 Å². The van der Waals surface area contributed by atoms with Crippen LogP contribution < -0.4 is 10.6 Å². The zero-order chi connectivity index (χ0) is 14.5. The largest absolute Gasteiger partial charge is 0.462 e. The summed E-state index contributed by atoms with van der Waals surface area (Å²) < 4.78 is 10.6. The van der Waals surface area contributed by atoms with Crippen LogP contribution in [0.15, 0.2) is 18.2 Å². The summed E-state index contributed by atoms with van der Waals surface area (Å²) in [5.74, 6) is -0.320. The Morgan fingerprint density at radius 1 is 1.55 bits per heavy atom. The SMILES string of the molecule is CCOC(=O)c1ccc(N)c(N(C)CC2CCCO2)c1. The molecule has 1 aromatic rings. The van der Waals surface area contributed by atoms with Gasteiger partial charge >= 0.3 is 5.97 Å². The first-order chi connectivity index (χ1) is 9.61. The molecule has 0 spiro atoms. The Morgan fingerprint density at radius 2 is 2.35 bits per heavy atom. The van der Waals surface area contributed by atoms with E-state index in [4.69, 9.17) is 15.2 Å². The van der Waals surface area contributed by atoms with Gasteiger partial charge in [-0.3, -0.25) is 0 Å². The van der Waals surface area contributed by atoms with Crippen molar-refractivity contribution >= 4 is 17.3 Å². The third-order valence-electron chi connectivity index (χ3n) is 3.45. The monoisotopic (exact) mass is 278 g/mol. The average molecular weight is 278 g/mol. The molecule has 0 aliphatic carbocycles. The minimum absolute atomic E-state index is 0.241. The number of carbonyl (C=O) groups is 1. The predicted octanol–water partition coefficient (Wildman–Crippen LogP) is 2.06. The molecule has 1 unspecified atom stereocenters. The molecule has 1 heterocycles. The van der Waals surface area contributed by atoms with Crippen LogP contribution in [0.2, 0.25) is 0 Å². The van der Waals surface area contributed by atoms with Gasteiger partial charge in [0, 0.05) is 20.2 Å². The van der Waals surface area contributed by atoms with Crippen molar-refractivity contribution in [1.29, 1.82) is 0 Å². The number of esters is 1. The van der Waals surface area contributed by atoms with Gasteiger partial charge in [0.2, 0.25) is 0 Å². The van der Waals surface area contributed by atoms with Crippen molar-refractivity contribution in [3.8, 4) is 0 Å². The minimum atomic E-state index is -0.320. The summed E-state index contributed by atoms with van der Waals surface area (Å²) in [4.78, 5) is 13.8. The number of hydrogen-bond donors (Lipinski definition) is 1. The van der Waals surface area contributed by atoms with Gasteiger partial charge in [0.05, 0.1) is 29.6 Å². The lowest BCUT2D eigenvalue weighted by Gasteiger charge is -2.24. The van der Waals surface area contributed by atoms with Crippen LogP contribution in [0.1, 0.15) is 30.1 Å². The van der Waals surface area contributed by atoms with Crippen molar-refractivity contribution in [1.82, 2.24) is 0 Å². The van der Waals surface area contributed by atoms with Crippen LogP contribution in [0.4, 0.5) is 11.4 Å². The molecule has 1 fully saturated rings. The highest BCUT2D eigenvalue weighted by molar-refractivity contribution is 5.92. The highest BCUT2D eigenvalue weighted by Gasteiger charge is 2.19. The van der Waals surface area contributed by atoms with Gasteiger partial charge in [0.1, 0.15) is 0 Å². The lowest BCUT2D eigenvalue weighted by molar-refractivity contribution is 0.0526. The van der Waals surface area contributed by atoms with Crippen LogP contribution in [0.25, 0.3) is 0 Å². The number of likely N-dealkylation sites (N-methyl/N-ethyl adjacent to an activating group) is 1. The Morgan fingerprint density at radius 3 is 3.00 bits per heavy atom. The van der Waals surface area contributed by atoms with Crippen LogP contribution in [0.3, 0.4) is 0 Å². The summed E-state index contributed by atoms with van der Waals surface area (Å²) in [6.45, 7) is 3.76. The van der Waals surface area contributed by atoms with Crippen molar-refractivity contribution < 1.29 is 14.3 Å². The lowest BCUT2D eigenvalue weighted by atomic mass is 10.1. The molecule has 1 saturated heterocycles. The van der Waals surface area contributed by atoms with Crippen molar-refractivity contribution in [2.75, 3.05) is 37.4 Å². The second-order valence-electron chi connectivity index (χ2n) is 5.01. The average Bonchev–Trinajstić information content (AvgIpc) is 2.92. The first-order valence-corrected chi connectivity index (χ1v) is 7.01. The molecule has 5 nitrogen and oxygen atoms in total. The number of nitrogens with zero attached hydrogens (tertiary/aromatic N) is 1. The standard InChI is InChI=1S/C15H22N2O3/c1-3-19-15(18)11-6-7-13(16)14(9-11)17(2)10-12-5-4-8-20-12/h6-7,9,12H,3-5,8,10,16H2,1-2H3. The van der Waals surface area contributed by atoms with Crippen LogP contribution in [0.5, 0.6) is 0 Å². The molecule has 0 bridgehead atoms. The number of benzene rings is 1. The quantitative estimate of drug-likeness (QED) is 0.659. The van der Waals surface area contributed by atoms with Crippen molar-refractivity contribution in [3.05, 3.63) is 23.8 Å². The smallest absolute Gasteiger partial charge is 0.338 e. The minimum Gasteiger partial charge on any atom is -0.462 e.